The molecule has 0 unspecified atom stereocenters. The molecule has 0 spiro atoms. The minimum atomic E-state index is 1.22. The summed E-state index contributed by atoms with van der Waals surface area (Å²) in [6, 6.07) is 71.5. The van der Waals surface area contributed by atoms with Crippen LogP contribution in [-0.4, -0.2) is 0 Å². The molecule has 232 valence electrons. The Morgan fingerprint density at radius 3 is 1.22 bits per heavy atom. The fraction of sp³-hybridized carbons (Fsp3) is 0. The molecule has 0 radical (unpaired) electrons. The van der Waals surface area contributed by atoms with Crippen molar-refractivity contribution in [1.82, 2.24) is 0 Å². The summed E-state index contributed by atoms with van der Waals surface area (Å²) in [5.41, 5.74) is 9.91. The topological polar surface area (TPSA) is 0 Å². The van der Waals surface area contributed by atoms with Crippen molar-refractivity contribution < 1.29 is 0 Å². The Bertz CT molecular complexity index is 2930. The van der Waals surface area contributed by atoms with E-state index in [9.17, 15) is 0 Å². The zero-order valence-electron chi connectivity index (χ0n) is 27.5. The predicted molar refractivity (Wildman–Crippen MR) is 216 cm³/mol. The Morgan fingerprint density at radius 1 is 0.200 bits per heavy atom. The number of benzene rings is 10. The van der Waals surface area contributed by atoms with E-state index in [1.54, 1.807) is 0 Å². The Labute approximate surface area is 291 Å². The monoisotopic (exact) mass is 632 g/mol. The van der Waals surface area contributed by atoms with Crippen LogP contribution >= 0.6 is 0 Å². The normalized spacial score (nSPS) is 11.6. The Balaban J connectivity index is 1.24. The van der Waals surface area contributed by atoms with E-state index in [0.717, 1.165) is 0 Å². The lowest BCUT2D eigenvalue weighted by atomic mass is 9.83. The van der Waals surface area contributed by atoms with Crippen LogP contribution < -0.4 is 0 Å². The molecule has 0 aliphatic rings. The lowest BCUT2D eigenvalue weighted by Gasteiger charge is -2.20. The van der Waals surface area contributed by atoms with Gasteiger partial charge in [0.2, 0.25) is 0 Å². The average molecular weight is 633 g/mol. The maximum absolute atomic E-state index is 2.38. The summed E-state index contributed by atoms with van der Waals surface area (Å²) in [4.78, 5) is 0. The molecule has 0 aliphatic carbocycles. The van der Waals surface area contributed by atoms with Crippen LogP contribution in [0, 0.1) is 0 Å². The molecule has 0 fully saturated rings. The minimum absolute atomic E-state index is 1.22. The molecule has 50 heavy (non-hydrogen) atoms. The quantitative estimate of drug-likeness (QED) is 0.134. The van der Waals surface area contributed by atoms with Crippen molar-refractivity contribution in [2.75, 3.05) is 0 Å². The molecule has 0 aromatic heterocycles. The van der Waals surface area contributed by atoms with Crippen molar-refractivity contribution in [3.63, 3.8) is 0 Å². The van der Waals surface area contributed by atoms with Gasteiger partial charge in [0.15, 0.2) is 0 Å². The van der Waals surface area contributed by atoms with E-state index in [2.05, 4.69) is 194 Å². The standard InChI is InChI=1S/C50H32/c1-3-14-36-29-40(25-23-33(36)11-1)38-16-9-18-42(31-38)48-45-21-7-8-22-46(45)49(50-44-20-6-5-13-35(44)27-28-47(48)50)43-19-10-17-39(32-43)41-26-24-34-12-2-4-15-37(34)30-41/h1-32H. The van der Waals surface area contributed by atoms with Crippen molar-refractivity contribution in [3.8, 4) is 44.5 Å². The molecule has 10 aromatic carbocycles. The maximum Gasteiger partial charge on any atom is -0.00141 e. The summed E-state index contributed by atoms with van der Waals surface area (Å²) in [5.74, 6) is 0. The van der Waals surface area contributed by atoms with Gasteiger partial charge >= 0.3 is 0 Å². The fourth-order valence-electron chi connectivity index (χ4n) is 8.01. The molecule has 0 nitrogen and oxygen atoms in total. The molecule has 10 aromatic rings. The maximum atomic E-state index is 2.38. The third-order valence-electron chi connectivity index (χ3n) is 10.4. The van der Waals surface area contributed by atoms with Crippen molar-refractivity contribution >= 4 is 53.9 Å². The molecule has 10 rings (SSSR count). The van der Waals surface area contributed by atoms with Gasteiger partial charge in [-0.25, -0.2) is 0 Å². The lowest BCUT2D eigenvalue weighted by molar-refractivity contribution is 1.62. The second kappa shape index (κ2) is 11.6. The second-order valence-corrected chi connectivity index (χ2v) is 13.3. The number of fused-ring (bicyclic) bond motifs is 6. The average Bonchev–Trinajstić information content (AvgIpc) is 3.19. The lowest BCUT2D eigenvalue weighted by Crippen LogP contribution is -1.93. The van der Waals surface area contributed by atoms with Crippen LogP contribution in [0.5, 0.6) is 0 Å². The van der Waals surface area contributed by atoms with Gasteiger partial charge in [0.25, 0.3) is 0 Å². The van der Waals surface area contributed by atoms with Gasteiger partial charge in [-0.3, -0.25) is 0 Å². The van der Waals surface area contributed by atoms with Gasteiger partial charge in [0.1, 0.15) is 0 Å². The van der Waals surface area contributed by atoms with Crippen molar-refractivity contribution in [3.05, 3.63) is 194 Å². The Kier molecular flexibility index (Phi) is 6.60. The summed E-state index contributed by atoms with van der Waals surface area (Å²) >= 11 is 0. The van der Waals surface area contributed by atoms with Crippen LogP contribution in [0.4, 0.5) is 0 Å². The van der Waals surface area contributed by atoms with Gasteiger partial charge in [-0.2, -0.15) is 0 Å². The zero-order valence-corrected chi connectivity index (χ0v) is 27.5. The molecule has 0 saturated heterocycles. The number of hydrogen-bond acceptors (Lipinski definition) is 0. The van der Waals surface area contributed by atoms with Crippen molar-refractivity contribution in [1.29, 1.82) is 0 Å². The fourth-order valence-corrected chi connectivity index (χ4v) is 8.01. The van der Waals surface area contributed by atoms with Crippen LogP contribution in [0.1, 0.15) is 0 Å². The van der Waals surface area contributed by atoms with Gasteiger partial charge in [-0.1, -0.05) is 170 Å². The van der Waals surface area contributed by atoms with Crippen LogP contribution in [0.2, 0.25) is 0 Å². The van der Waals surface area contributed by atoms with E-state index in [-0.39, 0.29) is 0 Å². The van der Waals surface area contributed by atoms with Gasteiger partial charge in [-0.15, -0.1) is 0 Å². The van der Waals surface area contributed by atoms with Gasteiger partial charge in [-0.05, 0) is 123 Å². The molecule has 0 saturated carbocycles. The van der Waals surface area contributed by atoms with Crippen LogP contribution in [-0.2, 0) is 0 Å². The molecule has 0 N–H and O–H groups in total. The van der Waals surface area contributed by atoms with Crippen molar-refractivity contribution in [2.45, 2.75) is 0 Å². The Hall–Kier alpha value is -6.50. The second-order valence-electron chi connectivity index (χ2n) is 13.3. The summed E-state index contributed by atoms with van der Waals surface area (Å²) < 4.78 is 0. The zero-order chi connectivity index (χ0) is 33.0. The van der Waals surface area contributed by atoms with E-state index in [0.29, 0.717) is 0 Å². The van der Waals surface area contributed by atoms with Gasteiger partial charge in [0.05, 0.1) is 0 Å². The SMILES string of the molecule is c1cc(-c2ccc3ccccc3c2)cc(-c2c3ccccc3c(-c3cccc(-c4ccc5ccccc5c4)c3)c3c2ccc2ccccc23)c1. The molecule has 0 atom stereocenters. The molecule has 0 heterocycles. The smallest absolute Gasteiger partial charge is 0.00141 e. The summed E-state index contributed by atoms with van der Waals surface area (Å²) in [6.45, 7) is 0. The van der Waals surface area contributed by atoms with Crippen molar-refractivity contribution in [2.24, 2.45) is 0 Å². The number of rotatable bonds is 4. The third kappa shape index (κ3) is 4.69. The van der Waals surface area contributed by atoms with E-state index in [1.165, 1.54) is 98.4 Å². The molecular weight excluding hydrogens is 601 g/mol. The van der Waals surface area contributed by atoms with Crippen LogP contribution in [0.3, 0.4) is 0 Å². The summed E-state index contributed by atoms with van der Waals surface area (Å²) in [7, 11) is 0. The van der Waals surface area contributed by atoms with Crippen LogP contribution in [0.15, 0.2) is 194 Å². The third-order valence-corrected chi connectivity index (χ3v) is 10.4. The highest BCUT2D eigenvalue weighted by molar-refractivity contribution is 6.28. The first-order chi connectivity index (χ1) is 24.8. The predicted octanol–water partition coefficient (Wildman–Crippen LogP) is 14.1. The van der Waals surface area contributed by atoms with E-state index in [4.69, 9.17) is 0 Å². The first kappa shape index (κ1) is 28.5. The van der Waals surface area contributed by atoms with E-state index in [1.807, 2.05) is 0 Å². The highest BCUT2D eigenvalue weighted by Gasteiger charge is 2.19. The molecule has 0 bridgehead atoms. The molecule has 0 aliphatic heterocycles. The highest BCUT2D eigenvalue weighted by Crippen LogP contribution is 2.47. The van der Waals surface area contributed by atoms with Gasteiger partial charge in [0, 0.05) is 0 Å². The number of hydrogen-bond donors (Lipinski definition) is 0. The van der Waals surface area contributed by atoms with E-state index < -0.39 is 0 Å². The molecular formula is C50H32. The van der Waals surface area contributed by atoms with Crippen LogP contribution in [0.25, 0.3) is 98.4 Å². The minimum Gasteiger partial charge on any atom is -0.0616 e. The largest absolute Gasteiger partial charge is 0.0616 e. The highest BCUT2D eigenvalue weighted by atomic mass is 14.2. The molecule has 0 amide bonds. The first-order valence-corrected chi connectivity index (χ1v) is 17.3. The Morgan fingerprint density at radius 2 is 0.620 bits per heavy atom. The van der Waals surface area contributed by atoms with E-state index >= 15 is 0 Å². The molecule has 0 heteroatoms. The first-order valence-electron chi connectivity index (χ1n) is 17.3. The van der Waals surface area contributed by atoms with Gasteiger partial charge < -0.3 is 0 Å². The summed E-state index contributed by atoms with van der Waals surface area (Å²) in [5, 5.41) is 12.6. The summed E-state index contributed by atoms with van der Waals surface area (Å²) in [6.07, 6.45) is 0.